The summed E-state index contributed by atoms with van der Waals surface area (Å²) >= 11 is 0. The number of guanidine groups is 1. The van der Waals surface area contributed by atoms with Crippen LogP contribution in [0.3, 0.4) is 0 Å². The summed E-state index contributed by atoms with van der Waals surface area (Å²) in [6.45, 7) is 2.77. The Morgan fingerprint density at radius 1 is 1.20 bits per heavy atom. The summed E-state index contributed by atoms with van der Waals surface area (Å²) in [4.78, 5) is 29.9. The van der Waals surface area contributed by atoms with Crippen molar-refractivity contribution in [3.63, 3.8) is 0 Å². The van der Waals surface area contributed by atoms with E-state index in [0.717, 1.165) is 24.0 Å². The minimum atomic E-state index is -0.104. The lowest BCUT2D eigenvalue weighted by Crippen LogP contribution is -2.49. The highest BCUT2D eigenvalue weighted by molar-refractivity contribution is 14.0. The molecule has 1 saturated carbocycles. The predicted molar refractivity (Wildman–Crippen MR) is 130 cm³/mol. The SMILES string of the molecule is CN=C(NCCCC1CCCC1)NCc1ccc(C(=O)N2CCNC(=O)C2)cc1.I. The molecule has 1 aliphatic heterocycles. The van der Waals surface area contributed by atoms with Crippen LogP contribution in [0, 0.1) is 5.92 Å². The Morgan fingerprint density at radius 2 is 1.93 bits per heavy atom. The quantitative estimate of drug-likeness (QED) is 0.220. The summed E-state index contributed by atoms with van der Waals surface area (Å²) in [5.74, 6) is 1.52. The minimum Gasteiger partial charge on any atom is -0.356 e. The Hall–Kier alpha value is -1.84. The molecule has 1 aliphatic carbocycles. The van der Waals surface area contributed by atoms with Crippen molar-refractivity contribution < 1.29 is 9.59 Å². The van der Waals surface area contributed by atoms with Gasteiger partial charge in [-0.3, -0.25) is 14.6 Å². The van der Waals surface area contributed by atoms with E-state index in [-0.39, 0.29) is 42.3 Å². The smallest absolute Gasteiger partial charge is 0.254 e. The molecule has 1 heterocycles. The highest BCUT2D eigenvalue weighted by Crippen LogP contribution is 2.28. The van der Waals surface area contributed by atoms with Gasteiger partial charge in [0, 0.05) is 38.8 Å². The van der Waals surface area contributed by atoms with E-state index in [2.05, 4.69) is 20.9 Å². The Labute approximate surface area is 196 Å². The number of halogens is 1. The largest absolute Gasteiger partial charge is 0.356 e. The number of carbonyl (C=O) groups is 2. The number of carbonyl (C=O) groups excluding carboxylic acids is 2. The van der Waals surface area contributed by atoms with E-state index in [0.29, 0.717) is 25.2 Å². The lowest BCUT2D eigenvalue weighted by Gasteiger charge is -2.26. The van der Waals surface area contributed by atoms with Crippen LogP contribution in [-0.2, 0) is 11.3 Å². The summed E-state index contributed by atoms with van der Waals surface area (Å²) in [7, 11) is 1.78. The number of rotatable bonds is 7. The fraction of sp³-hybridized carbons (Fsp3) is 0.591. The van der Waals surface area contributed by atoms with Crippen molar-refractivity contribution in [2.45, 2.75) is 45.1 Å². The van der Waals surface area contributed by atoms with E-state index in [4.69, 9.17) is 0 Å². The third-order valence-corrected chi connectivity index (χ3v) is 5.77. The van der Waals surface area contributed by atoms with Crippen LogP contribution in [0.5, 0.6) is 0 Å². The van der Waals surface area contributed by atoms with Crippen molar-refractivity contribution in [2.75, 3.05) is 33.2 Å². The molecule has 3 N–H and O–H groups in total. The molecule has 0 bridgehead atoms. The molecule has 0 aromatic heterocycles. The fourth-order valence-electron chi connectivity index (χ4n) is 4.06. The molecule has 2 amide bonds. The number of aliphatic imine (C=N–C) groups is 1. The Kier molecular flexibility index (Phi) is 10.4. The van der Waals surface area contributed by atoms with E-state index in [1.807, 2.05) is 24.3 Å². The lowest BCUT2D eigenvalue weighted by atomic mass is 10.0. The number of amides is 2. The average Bonchev–Trinajstić information content (AvgIpc) is 3.27. The molecule has 2 aliphatic rings. The molecular formula is C22H34IN5O2. The molecule has 0 unspecified atom stereocenters. The van der Waals surface area contributed by atoms with E-state index in [1.54, 1.807) is 11.9 Å². The summed E-state index contributed by atoms with van der Waals surface area (Å²) in [6, 6.07) is 7.53. The van der Waals surface area contributed by atoms with Crippen molar-refractivity contribution in [2.24, 2.45) is 10.9 Å². The third-order valence-electron chi connectivity index (χ3n) is 5.77. The van der Waals surface area contributed by atoms with Crippen LogP contribution < -0.4 is 16.0 Å². The van der Waals surface area contributed by atoms with Gasteiger partial charge in [-0.1, -0.05) is 37.8 Å². The van der Waals surface area contributed by atoms with E-state index < -0.39 is 0 Å². The summed E-state index contributed by atoms with van der Waals surface area (Å²) < 4.78 is 0. The summed E-state index contributed by atoms with van der Waals surface area (Å²) in [5, 5.41) is 9.44. The van der Waals surface area contributed by atoms with Crippen molar-refractivity contribution in [3.8, 4) is 0 Å². The van der Waals surface area contributed by atoms with Gasteiger partial charge in [-0.15, -0.1) is 24.0 Å². The standard InChI is InChI=1S/C22H33N5O2.HI/c1-23-22(25-12-4-7-17-5-2-3-6-17)26-15-18-8-10-19(11-9-18)21(29)27-14-13-24-20(28)16-27;/h8-11,17H,2-7,12-16H2,1H3,(H,24,28)(H2,23,25,26);1H. The monoisotopic (exact) mass is 527 g/mol. The highest BCUT2D eigenvalue weighted by Gasteiger charge is 2.22. The van der Waals surface area contributed by atoms with E-state index >= 15 is 0 Å². The van der Waals surface area contributed by atoms with Crippen molar-refractivity contribution in [1.29, 1.82) is 0 Å². The van der Waals surface area contributed by atoms with Gasteiger partial charge in [0.05, 0.1) is 6.54 Å². The van der Waals surface area contributed by atoms with Gasteiger partial charge >= 0.3 is 0 Å². The average molecular weight is 527 g/mol. The molecule has 0 spiro atoms. The van der Waals surface area contributed by atoms with Crippen LogP contribution in [0.2, 0.25) is 0 Å². The Morgan fingerprint density at radius 3 is 2.60 bits per heavy atom. The molecule has 166 valence electrons. The zero-order valence-corrected chi connectivity index (χ0v) is 20.1. The van der Waals surface area contributed by atoms with Gasteiger partial charge in [0.25, 0.3) is 5.91 Å². The van der Waals surface area contributed by atoms with Crippen molar-refractivity contribution in [3.05, 3.63) is 35.4 Å². The van der Waals surface area contributed by atoms with Crippen LogP contribution in [0.25, 0.3) is 0 Å². The molecule has 7 nitrogen and oxygen atoms in total. The second-order valence-electron chi connectivity index (χ2n) is 7.92. The van der Waals surface area contributed by atoms with Gasteiger partial charge in [0.1, 0.15) is 0 Å². The molecule has 30 heavy (non-hydrogen) atoms. The molecule has 1 saturated heterocycles. The van der Waals surface area contributed by atoms with Crippen molar-refractivity contribution in [1.82, 2.24) is 20.9 Å². The van der Waals surface area contributed by atoms with Crippen LogP contribution in [0.4, 0.5) is 0 Å². The molecule has 3 rings (SSSR count). The van der Waals surface area contributed by atoms with Gasteiger partial charge in [-0.25, -0.2) is 0 Å². The van der Waals surface area contributed by atoms with Crippen molar-refractivity contribution >= 4 is 41.8 Å². The van der Waals surface area contributed by atoms with E-state index in [1.165, 1.54) is 38.5 Å². The van der Waals surface area contributed by atoms with Crippen LogP contribution in [-0.4, -0.2) is 55.9 Å². The molecule has 8 heteroatoms. The Balaban J connectivity index is 0.00000320. The maximum atomic E-state index is 12.5. The molecule has 0 atom stereocenters. The predicted octanol–water partition coefficient (Wildman–Crippen LogP) is 2.51. The first-order valence-electron chi connectivity index (χ1n) is 10.7. The maximum Gasteiger partial charge on any atom is 0.254 e. The molecule has 1 aromatic rings. The third kappa shape index (κ3) is 7.45. The normalized spacial score (nSPS) is 17.3. The van der Waals surface area contributed by atoms with E-state index in [9.17, 15) is 9.59 Å². The second kappa shape index (κ2) is 12.8. The zero-order chi connectivity index (χ0) is 20.5. The van der Waals surface area contributed by atoms with Gasteiger partial charge < -0.3 is 20.9 Å². The Bertz CT molecular complexity index is 717. The second-order valence-corrected chi connectivity index (χ2v) is 7.92. The molecule has 1 aromatic carbocycles. The van der Waals surface area contributed by atoms with Gasteiger partial charge in [0.15, 0.2) is 5.96 Å². The molecule has 2 fully saturated rings. The lowest BCUT2D eigenvalue weighted by molar-refractivity contribution is -0.123. The molecule has 0 radical (unpaired) electrons. The fourth-order valence-corrected chi connectivity index (χ4v) is 4.06. The number of hydrogen-bond donors (Lipinski definition) is 3. The van der Waals surface area contributed by atoms with Gasteiger partial charge in [-0.2, -0.15) is 0 Å². The zero-order valence-electron chi connectivity index (χ0n) is 17.8. The van der Waals surface area contributed by atoms with Crippen LogP contribution in [0.1, 0.15) is 54.4 Å². The van der Waals surface area contributed by atoms with Gasteiger partial charge in [0.2, 0.25) is 5.91 Å². The number of hydrogen-bond acceptors (Lipinski definition) is 3. The first-order chi connectivity index (χ1) is 14.2. The minimum absolute atomic E-state index is 0. The first kappa shape index (κ1) is 24.4. The first-order valence-corrected chi connectivity index (χ1v) is 10.7. The molecular weight excluding hydrogens is 493 g/mol. The number of nitrogens with one attached hydrogen (secondary N) is 3. The summed E-state index contributed by atoms with van der Waals surface area (Å²) in [5.41, 5.74) is 1.68. The van der Waals surface area contributed by atoms with Crippen LogP contribution in [0.15, 0.2) is 29.3 Å². The topological polar surface area (TPSA) is 85.8 Å². The van der Waals surface area contributed by atoms with Crippen LogP contribution >= 0.6 is 24.0 Å². The maximum absolute atomic E-state index is 12.5. The number of nitrogens with zero attached hydrogens (tertiary/aromatic N) is 2. The number of piperazine rings is 1. The number of benzene rings is 1. The summed E-state index contributed by atoms with van der Waals surface area (Å²) in [6.07, 6.45) is 8.08. The highest BCUT2D eigenvalue weighted by atomic mass is 127. The van der Waals surface area contributed by atoms with Gasteiger partial charge in [-0.05, 0) is 36.5 Å².